The third kappa shape index (κ3) is 1.53. The fourth-order valence-corrected chi connectivity index (χ4v) is 3.24. The number of hydrogen-bond donors (Lipinski definition) is 1. The second kappa shape index (κ2) is 3.93. The molecule has 5 nitrogen and oxygen atoms in total. The van der Waals surface area contributed by atoms with Gasteiger partial charge in [0.25, 0.3) is 0 Å². The second-order valence-corrected chi connectivity index (χ2v) is 5.13. The molecule has 0 radical (unpaired) electrons. The SMILES string of the molecule is O=c1[nH]c2cncnc2n1C1CCSCC1. The number of imidazole rings is 1. The molecule has 0 saturated carbocycles. The zero-order valence-electron chi connectivity index (χ0n) is 8.72. The Kier molecular flexibility index (Phi) is 2.43. The molecule has 0 amide bonds. The van der Waals surface area contributed by atoms with Gasteiger partial charge in [-0.2, -0.15) is 11.8 Å². The van der Waals surface area contributed by atoms with E-state index in [1.54, 1.807) is 10.8 Å². The number of thioether (sulfide) groups is 1. The first-order valence-corrected chi connectivity index (χ1v) is 6.49. The lowest BCUT2D eigenvalue weighted by Gasteiger charge is -2.21. The zero-order chi connectivity index (χ0) is 11.0. The number of fused-ring (bicyclic) bond motifs is 1. The third-order valence-electron chi connectivity index (χ3n) is 2.94. The standard InChI is InChI=1S/C10H12N4OS/c15-10-13-8-5-11-6-12-9(8)14(10)7-1-3-16-4-2-7/h5-7H,1-4H2,(H,13,15). The predicted octanol–water partition coefficient (Wildman–Crippen LogP) is 1.19. The van der Waals surface area contributed by atoms with Crippen LogP contribution in [0.5, 0.6) is 0 Å². The average Bonchev–Trinajstić information content (AvgIpc) is 2.66. The lowest BCUT2D eigenvalue weighted by molar-refractivity contribution is 0.467. The molecule has 3 heterocycles. The molecule has 0 aromatic carbocycles. The number of rotatable bonds is 1. The molecule has 0 spiro atoms. The number of H-pyrrole nitrogens is 1. The molecule has 1 aliphatic rings. The Balaban J connectivity index is 2.14. The molecule has 2 aromatic heterocycles. The van der Waals surface area contributed by atoms with Gasteiger partial charge in [0.2, 0.25) is 0 Å². The molecule has 3 rings (SSSR count). The fraction of sp³-hybridized carbons (Fsp3) is 0.500. The number of hydrogen-bond acceptors (Lipinski definition) is 4. The fourth-order valence-electron chi connectivity index (χ4n) is 2.16. The molecular formula is C10H12N4OS. The van der Waals surface area contributed by atoms with Crippen molar-refractivity contribution in [2.24, 2.45) is 0 Å². The normalized spacial score (nSPS) is 18.0. The van der Waals surface area contributed by atoms with Gasteiger partial charge in [-0.1, -0.05) is 0 Å². The van der Waals surface area contributed by atoms with Gasteiger partial charge >= 0.3 is 5.69 Å². The number of aromatic nitrogens is 4. The molecule has 1 aliphatic heterocycles. The zero-order valence-corrected chi connectivity index (χ0v) is 9.54. The number of nitrogens with zero attached hydrogens (tertiary/aromatic N) is 3. The van der Waals surface area contributed by atoms with Gasteiger partial charge in [-0.25, -0.2) is 14.8 Å². The summed E-state index contributed by atoms with van der Waals surface area (Å²) in [6, 6.07) is 0.289. The topological polar surface area (TPSA) is 63.6 Å². The average molecular weight is 236 g/mol. The Morgan fingerprint density at radius 3 is 3.06 bits per heavy atom. The summed E-state index contributed by atoms with van der Waals surface area (Å²) in [5.41, 5.74) is 1.40. The van der Waals surface area contributed by atoms with Crippen molar-refractivity contribution in [2.75, 3.05) is 11.5 Å². The molecule has 16 heavy (non-hydrogen) atoms. The summed E-state index contributed by atoms with van der Waals surface area (Å²) in [6.45, 7) is 0. The van der Waals surface area contributed by atoms with E-state index in [-0.39, 0.29) is 11.7 Å². The molecule has 1 N–H and O–H groups in total. The lowest BCUT2D eigenvalue weighted by Crippen LogP contribution is -2.25. The largest absolute Gasteiger partial charge is 0.327 e. The van der Waals surface area contributed by atoms with E-state index in [1.165, 1.54) is 6.33 Å². The van der Waals surface area contributed by atoms with Crippen molar-refractivity contribution in [1.82, 2.24) is 19.5 Å². The summed E-state index contributed by atoms with van der Waals surface area (Å²) in [5, 5.41) is 0. The monoisotopic (exact) mass is 236 g/mol. The van der Waals surface area contributed by atoms with Gasteiger partial charge in [-0.3, -0.25) is 4.57 Å². The van der Waals surface area contributed by atoms with E-state index < -0.39 is 0 Å². The summed E-state index contributed by atoms with van der Waals surface area (Å²) in [6.07, 6.45) is 5.23. The molecule has 1 saturated heterocycles. The van der Waals surface area contributed by atoms with Crippen LogP contribution in [0.15, 0.2) is 17.3 Å². The molecular weight excluding hydrogens is 224 g/mol. The van der Waals surface area contributed by atoms with E-state index in [1.807, 2.05) is 11.8 Å². The van der Waals surface area contributed by atoms with Crippen molar-refractivity contribution in [3.8, 4) is 0 Å². The minimum atomic E-state index is -0.0626. The Morgan fingerprint density at radius 1 is 1.44 bits per heavy atom. The van der Waals surface area contributed by atoms with E-state index in [9.17, 15) is 4.79 Å². The van der Waals surface area contributed by atoms with E-state index in [2.05, 4.69) is 15.0 Å². The first-order valence-electron chi connectivity index (χ1n) is 5.34. The Hall–Kier alpha value is -1.30. The van der Waals surface area contributed by atoms with Gasteiger partial charge in [0, 0.05) is 6.04 Å². The minimum Gasteiger partial charge on any atom is -0.303 e. The highest BCUT2D eigenvalue weighted by Gasteiger charge is 2.20. The van der Waals surface area contributed by atoms with Gasteiger partial charge in [-0.05, 0) is 24.3 Å². The van der Waals surface area contributed by atoms with Crippen molar-refractivity contribution in [2.45, 2.75) is 18.9 Å². The molecule has 6 heteroatoms. The van der Waals surface area contributed by atoms with E-state index in [0.717, 1.165) is 35.5 Å². The van der Waals surface area contributed by atoms with E-state index in [0.29, 0.717) is 0 Å². The highest BCUT2D eigenvalue weighted by molar-refractivity contribution is 7.99. The summed E-state index contributed by atoms with van der Waals surface area (Å²) >= 11 is 1.95. The second-order valence-electron chi connectivity index (χ2n) is 3.90. The first-order chi connectivity index (χ1) is 7.86. The highest BCUT2D eigenvalue weighted by Crippen LogP contribution is 2.27. The Bertz CT molecular complexity index is 555. The summed E-state index contributed by atoms with van der Waals surface area (Å²) in [5.74, 6) is 2.24. The van der Waals surface area contributed by atoms with Crippen LogP contribution in [-0.2, 0) is 0 Å². The van der Waals surface area contributed by atoms with Crippen molar-refractivity contribution in [1.29, 1.82) is 0 Å². The predicted molar refractivity (Wildman–Crippen MR) is 63.7 cm³/mol. The van der Waals surface area contributed by atoms with Crippen LogP contribution in [0.4, 0.5) is 0 Å². The lowest BCUT2D eigenvalue weighted by atomic mass is 10.1. The maximum absolute atomic E-state index is 11.9. The van der Waals surface area contributed by atoms with Crippen molar-refractivity contribution in [3.63, 3.8) is 0 Å². The van der Waals surface area contributed by atoms with Crippen LogP contribution < -0.4 is 5.69 Å². The van der Waals surface area contributed by atoms with Crippen LogP contribution >= 0.6 is 11.8 Å². The molecule has 0 aliphatic carbocycles. The maximum Gasteiger partial charge on any atom is 0.327 e. The Morgan fingerprint density at radius 2 is 2.25 bits per heavy atom. The van der Waals surface area contributed by atoms with E-state index in [4.69, 9.17) is 0 Å². The molecule has 0 unspecified atom stereocenters. The van der Waals surface area contributed by atoms with Gasteiger partial charge in [-0.15, -0.1) is 0 Å². The number of aromatic amines is 1. The highest BCUT2D eigenvalue weighted by atomic mass is 32.2. The summed E-state index contributed by atoms with van der Waals surface area (Å²) in [7, 11) is 0. The quantitative estimate of drug-likeness (QED) is 0.807. The molecule has 0 bridgehead atoms. The summed E-state index contributed by atoms with van der Waals surface area (Å²) in [4.78, 5) is 22.8. The molecule has 2 aromatic rings. The van der Waals surface area contributed by atoms with Crippen molar-refractivity contribution < 1.29 is 0 Å². The van der Waals surface area contributed by atoms with Gasteiger partial charge < -0.3 is 4.98 Å². The van der Waals surface area contributed by atoms with Crippen LogP contribution in [0, 0.1) is 0 Å². The van der Waals surface area contributed by atoms with Crippen molar-refractivity contribution >= 4 is 22.9 Å². The smallest absolute Gasteiger partial charge is 0.303 e. The van der Waals surface area contributed by atoms with Crippen LogP contribution in [0.25, 0.3) is 11.2 Å². The van der Waals surface area contributed by atoms with Gasteiger partial charge in [0.15, 0.2) is 5.65 Å². The van der Waals surface area contributed by atoms with E-state index >= 15 is 0 Å². The van der Waals surface area contributed by atoms with Crippen LogP contribution in [0.2, 0.25) is 0 Å². The molecule has 0 atom stereocenters. The van der Waals surface area contributed by atoms with Gasteiger partial charge in [0.1, 0.15) is 11.8 Å². The van der Waals surface area contributed by atoms with Crippen LogP contribution in [-0.4, -0.2) is 31.0 Å². The maximum atomic E-state index is 11.9. The number of nitrogens with one attached hydrogen (secondary N) is 1. The first kappa shape index (κ1) is 9.89. The minimum absolute atomic E-state index is 0.0626. The Labute approximate surface area is 96.3 Å². The van der Waals surface area contributed by atoms with Crippen LogP contribution in [0.3, 0.4) is 0 Å². The molecule has 84 valence electrons. The third-order valence-corrected chi connectivity index (χ3v) is 3.98. The van der Waals surface area contributed by atoms with Crippen LogP contribution in [0.1, 0.15) is 18.9 Å². The van der Waals surface area contributed by atoms with Crippen molar-refractivity contribution in [3.05, 3.63) is 23.0 Å². The van der Waals surface area contributed by atoms with Gasteiger partial charge in [0.05, 0.1) is 6.20 Å². The molecule has 1 fully saturated rings. The summed E-state index contributed by atoms with van der Waals surface area (Å²) < 4.78 is 1.79.